The van der Waals surface area contributed by atoms with Gasteiger partial charge in [-0.15, -0.1) is 0 Å². The highest BCUT2D eigenvalue weighted by Crippen LogP contribution is 2.10. The van der Waals surface area contributed by atoms with Crippen molar-refractivity contribution >= 4 is 5.91 Å². The fourth-order valence-electron chi connectivity index (χ4n) is 3.42. The summed E-state index contributed by atoms with van der Waals surface area (Å²) in [6, 6.07) is 0. The number of carbonyl (C=O) groups is 1. The molecule has 1 saturated heterocycles. The van der Waals surface area contributed by atoms with Gasteiger partial charge in [-0.1, -0.05) is 13.8 Å². The number of carbonyl (C=O) groups excluding carboxylic acids is 1. The third-order valence-corrected chi connectivity index (χ3v) is 5.25. The Labute approximate surface area is 173 Å². The van der Waals surface area contributed by atoms with E-state index in [-0.39, 0.29) is 5.91 Å². The van der Waals surface area contributed by atoms with E-state index in [9.17, 15) is 4.79 Å². The van der Waals surface area contributed by atoms with Crippen LogP contribution in [0, 0.1) is 11.8 Å². The minimum atomic E-state index is 0.194. The van der Waals surface area contributed by atoms with E-state index in [1.807, 2.05) is 4.90 Å². The Kier molecular flexibility index (Phi) is 15.6. The van der Waals surface area contributed by atoms with Crippen LogP contribution < -0.4 is 10.6 Å². The average molecular weight is 400 g/mol. The molecule has 2 atom stereocenters. The molecule has 0 saturated carbocycles. The van der Waals surface area contributed by atoms with E-state index in [4.69, 9.17) is 9.47 Å². The van der Waals surface area contributed by atoms with Crippen molar-refractivity contribution < 1.29 is 14.3 Å². The summed E-state index contributed by atoms with van der Waals surface area (Å²) < 4.78 is 11.4. The molecular weight excluding hydrogens is 354 g/mol. The summed E-state index contributed by atoms with van der Waals surface area (Å²) in [6.07, 6.45) is 6.45. The molecule has 1 amide bonds. The Morgan fingerprint density at radius 2 is 1.18 bits per heavy atom. The molecule has 6 nitrogen and oxygen atoms in total. The van der Waals surface area contributed by atoms with Crippen LogP contribution in [0.5, 0.6) is 0 Å². The van der Waals surface area contributed by atoms with Crippen molar-refractivity contribution in [3.05, 3.63) is 0 Å². The molecule has 0 aromatic rings. The van der Waals surface area contributed by atoms with Gasteiger partial charge in [-0.2, -0.15) is 0 Å². The van der Waals surface area contributed by atoms with E-state index in [1.54, 1.807) is 6.92 Å². The van der Waals surface area contributed by atoms with E-state index in [0.29, 0.717) is 11.8 Å². The number of nitrogens with zero attached hydrogens (tertiary/aromatic N) is 1. The number of nitrogens with one attached hydrogen (secondary N) is 2. The predicted molar refractivity (Wildman–Crippen MR) is 116 cm³/mol. The quantitative estimate of drug-likeness (QED) is 0.656. The van der Waals surface area contributed by atoms with Gasteiger partial charge < -0.3 is 25.0 Å². The van der Waals surface area contributed by atoms with Crippen LogP contribution in [0.25, 0.3) is 0 Å². The summed E-state index contributed by atoms with van der Waals surface area (Å²) in [6.45, 7) is 15.2. The minimum Gasteiger partial charge on any atom is -0.381 e. The van der Waals surface area contributed by atoms with Crippen molar-refractivity contribution in [3.63, 3.8) is 0 Å². The number of rotatable bonds is 0. The molecule has 0 aromatic carbocycles. The van der Waals surface area contributed by atoms with Crippen LogP contribution in [-0.4, -0.2) is 76.5 Å². The smallest absolute Gasteiger partial charge is 0.219 e. The maximum absolute atomic E-state index is 12.0. The van der Waals surface area contributed by atoms with Gasteiger partial charge in [0.05, 0.1) is 0 Å². The molecule has 0 aromatic heterocycles. The average Bonchev–Trinajstić information content (AvgIpc) is 2.65. The zero-order chi connectivity index (χ0) is 20.5. The second-order valence-corrected chi connectivity index (χ2v) is 8.35. The molecule has 2 unspecified atom stereocenters. The molecule has 0 aliphatic carbocycles. The topological polar surface area (TPSA) is 62.8 Å². The van der Waals surface area contributed by atoms with E-state index in [2.05, 4.69) is 24.5 Å². The SMILES string of the molecule is CC(=O)N1CC(C)CCNCCCOCCCCOCCCNCCC(C)C1. The largest absolute Gasteiger partial charge is 0.381 e. The van der Waals surface area contributed by atoms with Crippen molar-refractivity contribution in [2.45, 2.75) is 59.3 Å². The normalized spacial score (nSPS) is 27.2. The number of hydrogen-bond donors (Lipinski definition) is 2. The highest BCUT2D eigenvalue weighted by atomic mass is 16.5. The molecule has 1 aliphatic rings. The lowest BCUT2D eigenvalue weighted by atomic mass is 10.0. The number of amides is 1. The summed E-state index contributed by atoms with van der Waals surface area (Å²) in [5, 5.41) is 7.00. The molecule has 0 bridgehead atoms. The Bertz CT molecular complexity index is 354. The van der Waals surface area contributed by atoms with Gasteiger partial charge in [-0.25, -0.2) is 0 Å². The van der Waals surface area contributed by atoms with Crippen molar-refractivity contribution in [3.8, 4) is 0 Å². The molecule has 1 rings (SSSR count). The lowest BCUT2D eigenvalue weighted by molar-refractivity contribution is -0.130. The van der Waals surface area contributed by atoms with Gasteiger partial charge in [0.2, 0.25) is 5.91 Å². The first-order chi connectivity index (χ1) is 13.6. The molecule has 0 spiro atoms. The highest BCUT2D eigenvalue weighted by Gasteiger charge is 2.16. The molecule has 166 valence electrons. The number of hydrogen-bond acceptors (Lipinski definition) is 5. The van der Waals surface area contributed by atoms with Gasteiger partial charge in [-0.05, 0) is 76.5 Å². The number of ether oxygens (including phenoxy) is 2. The van der Waals surface area contributed by atoms with Crippen LogP contribution in [0.2, 0.25) is 0 Å². The minimum absolute atomic E-state index is 0.194. The Hall–Kier alpha value is -0.690. The van der Waals surface area contributed by atoms with Gasteiger partial charge in [0.15, 0.2) is 0 Å². The predicted octanol–water partition coefficient (Wildman–Crippen LogP) is 2.67. The van der Waals surface area contributed by atoms with Crippen LogP contribution in [-0.2, 0) is 14.3 Å². The van der Waals surface area contributed by atoms with Gasteiger partial charge in [-0.3, -0.25) is 4.79 Å². The molecule has 6 heteroatoms. The third-order valence-electron chi connectivity index (χ3n) is 5.25. The van der Waals surface area contributed by atoms with E-state index in [0.717, 1.165) is 104 Å². The summed E-state index contributed by atoms with van der Waals surface area (Å²) >= 11 is 0. The molecule has 1 heterocycles. The molecule has 1 fully saturated rings. The molecule has 2 N–H and O–H groups in total. The van der Waals surface area contributed by atoms with Gasteiger partial charge in [0.25, 0.3) is 0 Å². The van der Waals surface area contributed by atoms with Gasteiger partial charge in [0.1, 0.15) is 0 Å². The standard InChI is InChI=1S/C22H45N3O3/c1-20-8-12-23-10-6-16-27-14-4-5-15-28-17-7-11-24-13-9-21(2)19-25(18-20)22(3)26/h20-21,23-24H,4-19H2,1-3H3. The van der Waals surface area contributed by atoms with Crippen LogP contribution in [0.1, 0.15) is 59.3 Å². The fraction of sp³-hybridized carbons (Fsp3) is 0.955. The first kappa shape index (κ1) is 25.3. The van der Waals surface area contributed by atoms with Crippen molar-refractivity contribution in [2.75, 3.05) is 65.7 Å². The zero-order valence-electron chi connectivity index (χ0n) is 18.6. The lowest BCUT2D eigenvalue weighted by Gasteiger charge is -2.28. The van der Waals surface area contributed by atoms with Gasteiger partial charge in [0, 0.05) is 46.4 Å². The third kappa shape index (κ3) is 14.3. The summed E-state index contributed by atoms with van der Waals surface area (Å²) in [4.78, 5) is 14.1. The second kappa shape index (κ2) is 17.2. The van der Waals surface area contributed by atoms with Crippen LogP contribution in [0.3, 0.4) is 0 Å². The Morgan fingerprint density at radius 3 is 1.61 bits per heavy atom. The van der Waals surface area contributed by atoms with Crippen LogP contribution >= 0.6 is 0 Å². The lowest BCUT2D eigenvalue weighted by Crippen LogP contribution is -2.37. The van der Waals surface area contributed by atoms with Crippen LogP contribution in [0.4, 0.5) is 0 Å². The van der Waals surface area contributed by atoms with Crippen molar-refractivity contribution in [1.29, 1.82) is 0 Å². The summed E-state index contributed by atoms with van der Waals surface area (Å²) in [5.74, 6) is 1.22. The maximum Gasteiger partial charge on any atom is 0.219 e. The fourth-order valence-corrected chi connectivity index (χ4v) is 3.42. The second-order valence-electron chi connectivity index (χ2n) is 8.35. The molecule has 28 heavy (non-hydrogen) atoms. The van der Waals surface area contributed by atoms with E-state index in [1.165, 1.54) is 0 Å². The van der Waals surface area contributed by atoms with E-state index < -0.39 is 0 Å². The molecule has 0 radical (unpaired) electrons. The first-order valence-corrected chi connectivity index (χ1v) is 11.4. The molecule has 1 aliphatic heterocycles. The summed E-state index contributed by atoms with van der Waals surface area (Å²) in [7, 11) is 0. The first-order valence-electron chi connectivity index (χ1n) is 11.4. The van der Waals surface area contributed by atoms with Gasteiger partial charge >= 0.3 is 0 Å². The maximum atomic E-state index is 12.0. The summed E-state index contributed by atoms with van der Waals surface area (Å²) in [5.41, 5.74) is 0. The van der Waals surface area contributed by atoms with Crippen molar-refractivity contribution in [2.24, 2.45) is 11.8 Å². The Morgan fingerprint density at radius 1 is 0.750 bits per heavy atom. The van der Waals surface area contributed by atoms with E-state index >= 15 is 0 Å². The molecular formula is C22H45N3O3. The highest BCUT2D eigenvalue weighted by molar-refractivity contribution is 5.73. The van der Waals surface area contributed by atoms with Crippen molar-refractivity contribution in [1.82, 2.24) is 15.5 Å². The van der Waals surface area contributed by atoms with Crippen LogP contribution in [0.15, 0.2) is 0 Å². The Balaban J connectivity index is 2.37. The monoisotopic (exact) mass is 399 g/mol. The zero-order valence-corrected chi connectivity index (χ0v) is 18.6.